The fourth-order valence-electron chi connectivity index (χ4n) is 0.969. The number of hydrazone groups is 1. The average molecular weight is 338 g/mol. The van der Waals surface area contributed by atoms with E-state index in [1.54, 1.807) is 0 Å². The van der Waals surface area contributed by atoms with Crippen LogP contribution in [0.15, 0.2) is 10.3 Å². The molecule has 0 aromatic rings. The highest BCUT2D eigenvalue weighted by atomic mass is 32.1. The predicted molar refractivity (Wildman–Crippen MR) is 86.8 cm³/mol. The number of nitrogens with zero attached hydrogens (tertiary/aromatic N) is 2. The first kappa shape index (κ1) is 20.0. The van der Waals surface area contributed by atoms with Gasteiger partial charge in [0.15, 0.2) is 5.11 Å². The van der Waals surface area contributed by atoms with Gasteiger partial charge in [0, 0.05) is 0 Å². The second-order valence-electron chi connectivity index (χ2n) is 5.07. The van der Waals surface area contributed by atoms with Crippen LogP contribution < -0.4 is 11.2 Å². The van der Waals surface area contributed by atoms with E-state index in [0.717, 1.165) is 6.21 Å². The number of rotatable bonds is 9. The van der Waals surface area contributed by atoms with Crippen LogP contribution in [0.4, 0.5) is 0 Å². The molecule has 0 rings (SSSR count). The molecule has 0 saturated heterocycles. The van der Waals surface area contributed by atoms with Gasteiger partial charge in [-0.15, -0.1) is 0 Å². The zero-order valence-electron chi connectivity index (χ0n) is 12.6. The second-order valence-corrected chi connectivity index (χ2v) is 7.48. The second kappa shape index (κ2) is 9.83. The summed E-state index contributed by atoms with van der Waals surface area (Å²) in [4.78, 5) is 0. The first-order valence-corrected chi connectivity index (χ1v) is 8.36. The summed E-state index contributed by atoms with van der Waals surface area (Å²) in [5.74, 6) is 0.264. The normalized spacial score (nSPS) is 13.3. The Bertz CT molecular complexity index is 424. The molecule has 0 aliphatic rings. The topological polar surface area (TPSA) is 119 Å². The number of hydrogen-bond donors (Lipinski definition) is 3. The number of nitrogens with one attached hydrogen (secondary N) is 1. The minimum atomic E-state index is -3.77. The lowest BCUT2D eigenvalue weighted by molar-refractivity contribution is 0.182. The van der Waals surface area contributed by atoms with Crippen LogP contribution in [0.25, 0.3) is 0 Å². The molecule has 0 heterocycles. The Hall–Kier alpha value is -1.02. The first-order chi connectivity index (χ1) is 9.71. The Balaban J connectivity index is 5.08. The summed E-state index contributed by atoms with van der Waals surface area (Å²) in [5, 5.41) is 15.5. The monoisotopic (exact) mass is 338 g/mol. The van der Waals surface area contributed by atoms with Crippen molar-refractivity contribution in [2.24, 2.45) is 27.8 Å². The highest BCUT2D eigenvalue weighted by Crippen LogP contribution is 2.50. The predicted octanol–water partition coefficient (Wildman–Crippen LogP) is 2.13. The zero-order valence-corrected chi connectivity index (χ0v) is 14.4. The first-order valence-electron chi connectivity index (χ1n) is 6.41. The van der Waals surface area contributed by atoms with Gasteiger partial charge in [-0.05, 0) is 24.1 Å². The van der Waals surface area contributed by atoms with Gasteiger partial charge in [-0.25, -0.2) is 0 Å². The Morgan fingerprint density at radius 1 is 1.33 bits per heavy atom. The fourth-order valence-corrected chi connectivity index (χ4v) is 2.66. The van der Waals surface area contributed by atoms with Gasteiger partial charge in [-0.3, -0.25) is 9.99 Å². The molecule has 21 heavy (non-hydrogen) atoms. The van der Waals surface area contributed by atoms with Crippen molar-refractivity contribution in [1.82, 2.24) is 5.43 Å². The number of thiocarbonyl (C=S) groups is 1. The van der Waals surface area contributed by atoms with Crippen LogP contribution in [0, 0.1) is 11.8 Å². The van der Waals surface area contributed by atoms with Crippen molar-refractivity contribution in [2.45, 2.75) is 27.7 Å². The van der Waals surface area contributed by atoms with Gasteiger partial charge >= 0.3 is 7.60 Å². The molecule has 0 amide bonds. The highest BCUT2D eigenvalue weighted by Gasteiger charge is 2.33. The average Bonchev–Trinajstić information content (AvgIpc) is 2.38. The van der Waals surface area contributed by atoms with Gasteiger partial charge < -0.3 is 20.0 Å². The van der Waals surface area contributed by atoms with Crippen LogP contribution in [-0.2, 0) is 13.6 Å². The molecule has 0 spiro atoms. The summed E-state index contributed by atoms with van der Waals surface area (Å²) < 4.78 is 23.3. The smallest absolute Gasteiger partial charge is 0.384 e. The molecule has 8 nitrogen and oxygen atoms in total. The summed E-state index contributed by atoms with van der Waals surface area (Å²) >= 11 is 4.57. The molecule has 0 aromatic heterocycles. The Morgan fingerprint density at radius 3 is 2.14 bits per heavy atom. The molecule has 10 heteroatoms. The van der Waals surface area contributed by atoms with E-state index in [0.29, 0.717) is 0 Å². The van der Waals surface area contributed by atoms with Crippen LogP contribution in [0.1, 0.15) is 27.7 Å². The Labute approximate surface area is 130 Å². The Morgan fingerprint density at radius 2 is 1.81 bits per heavy atom. The molecule has 0 unspecified atom stereocenters. The molecule has 0 aromatic carbocycles. The summed E-state index contributed by atoms with van der Waals surface area (Å²) in [6.07, 6.45) is 1.00. The maximum atomic E-state index is 12.7. The van der Waals surface area contributed by atoms with Gasteiger partial charge in [0.1, 0.15) is 0 Å². The lowest BCUT2D eigenvalue weighted by Gasteiger charge is -2.19. The molecule has 0 atom stereocenters. The molecule has 0 bridgehead atoms. The molecular formula is C11H23N4O4PS. The number of hydrogen-bond acceptors (Lipinski definition) is 7. The fraction of sp³-hybridized carbons (Fsp3) is 0.727. The van der Waals surface area contributed by atoms with Crippen molar-refractivity contribution in [2.75, 3.05) is 13.2 Å². The van der Waals surface area contributed by atoms with Gasteiger partial charge in [-0.1, -0.05) is 32.9 Å². The molecule has 0 fully saturated rings. The van der Waals surface area contributed by atoms with Gasteiger partial charge in [0.25, 0.3) is 0 Å². The maximum Gasteiger partial charge on any atom is 0.384 e. The van der Waals surface area contributed by atoms with E-state index in [1.165, 1.54) is 0 Å². The van der Waals surface area contributed by atoms with Crippen LogP contribution in [0.3, 0.4) is 0 Å². The van der Waals surface area contributed by atoms with Crippen LogP contribution in [0.5, 0.6) is 0 Å². The summed E-state index contributed by atoms with van der Waals surface area (Å²) in [6.45, 7) is 7.95. The summed E-state index contributed by atoms with van der Waals surface area (Å²) in [5.41, 5.74) is 7.14. The van der Waals surface area contributed by atoms with E-state index in [1.807, 2.05) is 27.7 Å². The lowest BCUT2D eigenvalue weighted by atomic mass is 10.2. The van der Waals surface area contributed by atoms with Crippen molar-refractivity contribution in [3.05, 3.63) is 0 Å². The van der Waals surface area contributed by atoms with Crippen LogP contribution in [-0.4, -0.2) is 35.2 Å². The standard InChI is InChI=1S/C11H23N4O4PS/c1-8(2)6-18-20(17,19-7-9(3)4)10(15-16)5-13-14-11(12)21/h5,8-9,16H,6-7H2,1-4H3,(H3,12,14,21)/b13-5+,15-10+. The summed E-state index contributed by atoms with van der Waals surface area (Å²) in [7, 11) is -3.77. The van der Waals surface area contributed by atoms with Gasteiger partial charge in [-0.2, -0.15) is 5.10 Å². The molecule has 0 aliphatic heterocycles. The zero-order chi connectivity index (χ0) is 16.5. The van der Waals surface area contributed by atoms with Gasteiger partial charge in [0.2, 0.25) is 5.45 Å². The SMILES string of the molecule is CC(C)COP(=O)(OCC(C)C)C(/C=N/NC(N)=S)=N/O. The van der Waals surface area contributed by atoms with E-state index in [9.17, 15) is 4.57 Å². The third-order valence-electron chi connectivity index (χ3n) is 1.89. The van der Waals surface area contributed by atoms with Crippen molar-refractivity contribution < 1.29 is 18.8 Å². The lowest BCUT2D eigenvalue weighted by Crippen LogP contribution is -2.25. The molecule has 0 saturated carbocycles. The molecule has 0 aliphatic carbocycles. The maximum absolute atomic E-state index is 12.7. The highest BCUT2D eigenvalue weighted by molar-refractivity contribution is 7.80. The van der Waals surface area contributed by atoms with E-state index in [4.69, 9.17) is 20.0 Å². The quantitative estimate of drug-likeness (QED) is 0.194. The number of oxime groups is 1. The third kappa shape index (κ3) is 8.77. The van der Waals surface area contributed by atoms with E-state index in [2.05, 4.69) is 27.9 Å². The molecule has 0 radical (unpaired) electrons. The van der Waals surface area contributed by atoms with Crippen molar-refractivity contribution in [3.8, 4) is 0 Å². The molecule has 4 N–H and O–H groups in total. The minimum Gasteiger partial charge on any atom is -0.410 e. The van der Waals surface area contributed by atoms with Crippen LogP contribution in [0.2, 0.25) is 0 Å². The van der Waals surface area contributed by atoms with E-state index in [-0.39, 0.29) is 35.6 Å². The minimum absolute atomic E-state index is 0.0791. The third-order valence-corrected chi connectivity index (χ3v) is 3.73. The van der Waals surface area contributed by atoms with E-state index >= 15 is 0 Å². The largest absolute Gasteiger partial charge is 0.410 e. The molecular weight excluding hydrogens is 315 g/mol. The van der Waals surface area contributed by atoms with Crippen LogP contribution >= 0.6 is 19.8 Å². The summed E-state index contributed by atoms with van der Waals surface area (Å²) in [6, 6.07) is 0. The van der Waals surface area contributed by atoms with Crippen molar-refractivity contribution >= 4 is 36.6 Å². The van der Waals surface area contributed by atoms with Gasteiger partial charge in [0.05, 0.1) is 19.4 Å². The van der Waals surface area contributed by atoms with Crippen molar-refractivity contribution in [1.29, 1.82) is 0 Å². The Kier molecular flexibility index (Phi) is 9.36. The number of nitrogens with two attached hydrogens (primary N) is 1. The van der Waals surface area contributed by atoms with E-state index < -0.39 is 7.60 Å². The molecule has 122 valence electrons. The van der Waals surface area contributed by atoms with Crippen molar-refractivity contribution in [3.63, 3.8) is 0 Å².